The van der Waals surface area contributed by atoms with Gasteiger partial charge in [-0.05, 0) is 51.5 Å². The summed E-state index contributed by atoms with van der Waals surface area (Å²) >= 11 is 0. The van der Waals surface area contributed by atoms with E-state index in [0.717, 1.165) is 16.8 Å². The first kappa shape index (κ1) is 17.4. The van der Waals surface area contributed by atoms with Crippen molar-refractivity contribution < 1.29 is 9.53 Å². The number of nitrogens with zero attached hydrogens (tertiary/aromatic N) is 4. The van der Waals surface area contributed by atoms with E-state index in [9.17, 15) is 4.79 Å². The third-order valence-corrected chi connectivity index (χ3v) is 3.66. The molecule has 0 saturated heterocycles. The van der Waals surface area contributed by atoms with Gasteiger partial charge in [0.05, 0.1) is 17.3 Å². The van der Waals surface area contributed by atoms with Crippen LogP contribution < -0.4 is 5.32 Å². The average Bonchev–Trinajstić information content (AvgIpc) is 3.00. The highest BCUT2D eigenvalue weighted by atomic mass is 16.6. The summed E-state index contributed by atoms with van der Waals surface area (Å²) in [4.78, 5) is 16.3. The fraction of sp³-hybridized carbons (Fsp3) is 0.263. The molecule has 0 spiro atoms. The number of rotatable bonds is 2. The molecule has 0 bridgehead atoms. The predicted molar refractivity (Wildman–Crippen MR) is 97.7 cm³/mol. The summed E-state index contributed by atoms with van der Waals surface area (Å²) in [7, 11) is 0. The zero-order valence-corrected chi connectivity index (χ0v) is 15.1. The summed E-state index contributed by atoms with van der Waals surface area (Å²) < 4.78 is 6.99. The van der Waals surface area contributed by atoms with E-state index < -0.39 is 11.7 Å². The molecule has 0 radical (unpaired) electrons. The standard InChI is InChI=1S/C19H19N5O2/c1-12-7-13(10-20)5-6-15(12)16-8-14(9-17-21-11-22-24(16)17)23-18(25)26-19(2,3)4/h5-9,11H,1-4H3,(H,23,25). The lowest BCUT2D eigenvalue weighted by atomic mass is 10.0. The summed E-state index contributed by atoms with van der Waals surface area (Å²) in [6.07, 6.45) is 0.915. The van der Waals surface area contributed by atoms with Gasteiger partial charge in [0.15, 0.2) is 5.65 Å². The molecule has 1 amide bonds. The Labute approximate surface area is 151 Å². The molecule has 3 rings (SSSR count). The maximum absolute atomic E-state index is 12.1. The van der Waals surface area contributed by atoms with E-state index in [-0.39, 0.29) is 0 Å². The number of hydrogen-bond donors (Lipinski definition) is 1. The van der Waals surface area contributed by atoms with E-state index in [1.807, 2.05) is 19.1 Å². The number of ether oxygens (including phenoxy) is 1. The molecule has 7 heteroatoms. The Bertz CT molecular complexity index is 1020. The smallest absolute Gasteiger partial charge is 0.412 e. The lowest BCUT2D eigenvalue weighted by Crippen LogP contribution is -2.27. The minimum atomic E-state index is -0.588. The molecule has 132 valence electrons. The second-order valence-corrected chi connectivity index (χ2v) is 6.93. The lowest BCUT2D eigenvalue weighted by Gasteiger charge is -2.20. The molecule has 1 N–H and O–H groups in total. The molecule has 2 aromatic heterocycles. The van der Waals surface area contributed by atoms with Crippen molar-refractivity contribution in [2.45, 2.75) is 33.3 Å². The van der Waals surface area contributed by atoms with Crippen molar-refractivity contribution in [1.82, 2.24) is 14.6 Å². The van der Waals surface area contributed by atoms with Crippen LogP contribution in [0, 0.1) is 18.3 Å². The summed E-state index contributed by atoms with van der Waals surface area (Å²) in [5.41, 5.74) is 3.73. The fourth-order valence-corrected chi connectivity index (χ4v) is 2.63. The van der Waals surface area contributed by atoms with Gasteiger partial charge in [0.25, 0.3) is 0 Å². The van der Waals surface area contributed by atoms with Crippen molar-refractivity contribution in [3.05, 3.63) is 47.8 Å². The molecule has 26 heavy (non-hydrogen) atoms. The number of carbonyl (C=O) groups is 1. The van der Waals surface area contributed by atoms with Crippen LogP contribution in [-0.2, 0) is 4.74 Å². The van der Waals surface area contributed by atoms with Gasteiger partial charge >= 0.3 is 6.09 Å². The first-order valence-corrected chi connectivity index (χ1v) is 8.12. The average molecular weight is 349 g/mol. The summed E-state index contributed by atoms with van der Waals surface area (Å²) in [5.74, 6) is 0. The largest absolute Gasteiger partial charge is 0.444 e. The van der Waals surface area contributed by atoms with Crippen LogP contribution >= 0.6 is 0 Å². The molecule has 0 saturated carbocycles. The second kappa shape index (κ2) is 6.48. The number of aryl methyl sites for hydroxylation is 1. The molecule has 1 aromatic carbocycles. The van der Waals surface area contributed by atoms with Crippen molar-refractivity contribution in [3.63, 3.8) is 0 Å². The topological polar surface area (TPSA) is 92.3 Å². The maximum Gasteiger partial charge on any atom is 0.412 e. The Hall–Kier alpha value is -3.40. The number of fused-ring (bicyclic) bond motifs is 1. The van der Waals surface area contributed by atoms with Crippen molar-refractivity contribution >= 4 is 17.4 Å². The van der Waals surface area contributed by atoms with Crippen LogP contribution in [0.25, 0.3) is 16.9 Å². The molecular formula is C19H19N5O2. The number of carbonyl (C=O) groups excluding carboxylic acids is 1. The van der Waals surface area contributed by atoms with Crippen molar-refractivity contribution in [2.75, 3.05) is 5.32 Å². The number of amides is 1. The molecule has 0 aliphatic carbocycles. The van der Waals surface area contributed by atoms with E-state index in [2.05, 4.69) is 21.5 Å². The Morgan fingerprint density at radius 1 is 1.27 bits per heavy atom. The minimum Gasteiger partial charge on any atom is -0.444 e. The molecule has 0 unspecified atom stereocenters. The number of nitrogens with one attached hydrogen (secondary N) is 1. The van der Waals surface area contributed by atoms with Crippen LogP contribution in [0.1, 0.15) is 31.9 Å². The Balaban J connectivity index is 2.04. The Kier molecular flexibility index (Phi) is 4.34. The zero-order valence-electron chi connectivity index (χ0n) is 15.1. The first-order chi connectivity index (χ1) is 12.3. The lowest BCUT2D eigenvalue weighted by molar-refractivity contribution is 0.0636. The monoisotopic (exact) mass is 349 g/mol. The SMILES string of the molecule is Cc1cc(C#N)ccc1-c1cc(NC(=O)OC(C)(C)C)cc2ncnn12. The van der Waals surface area contributed by atoms with Crippen LogP contribution in [0.4, 0.5) is 10.5 Å². The van der Waals surface area contributed by atoms with Gasteiger partial charge in [-0.25, -0.2) is 14.3 Å². The third kappa shape index (κ3) is 3.64. The number of nitriles is 1. The molecular weight excluding hydrogens is 330 g/mol. The van der Waals surface area contributed by atoms with Gasteiger partial charge in [0.1, 0.15) is 11.9 Å². The van der Waals surface area contributed by atoms with Crippen molar-refractivity contribution in [2.24, 2.45) is 0 Å². The summed E-state index contributed by atoms with van der Waals surface area (Å²) in [6, 6.07) is 11.1. The molecule has 0 fully saturated rings. The van der Waals surface area contributed by atoms with Crippen LogP contribution in [0.3, 0.4) is 0 Å². The van der Waals surface area contributed by atoms with Crippen LogP contribution in [0.15, 0.2) is 36.7 Å². The third-order valence-electron chi connectivity index (χ3n) is 3.66. The van der Waals surface area contributed by atoms with Gasteiger partial charge < -0.3 is 4.74 Å². The molecule has 0 aliphatic heterocycles. The first-order valence-electron chi connectivity index (χ1n) is 8.12. The van der Waals surface area contributed by atoms with E-state index in [0.29, 0.717) is 16.9 Å². The number of benzene rings is 1. The predicted octanol–water partition coefficient (Wildman–Crippen LogP) is 3.92. The molecule has 0 aliphatic rings. The zero-order chi connectivity index (χ0) is 18.9. The number of anilines is 1. The van der Waals surface area contributed by atoms with Gasteiger partial charge in [0, 0.05) is 17.3 Å². The maximum atomic E-state index is 12.1. The highest BCUT2D eigenvalue weighted by molar-refractivity contribution is 5.87. The highest BCUT2D eigenvalue weighted by Gasteiger charge is 2.18. The Morgan fingerprint density at radius 3 is 2.69 bits per heavy atom. The van der Waals surface area contributed by atoms with E-state index in [1.54, 1.807) is 43.5 Å². The summed E-state index contributed by atoms with van der Waals surface area (Å²) in [6.45, 7) is 7.34. The Morgan fingerprint density at radius 2 is 2.04 bits per heavy atom. The van der Waals surface area contributed by atoms with Crippen molar-refractivity contribution in [3.8, 4) is 17.3 Å². The number of pyridine rings is 1. The second-order valence-electron chi connectivity index (χ2n) is 6.93. The minimum absolute atomic E-state index is 0.538. The van der Waals surface area contributed by atoms with Gasteiger partial charge in [-0.3, -0.25) is 5.32 Å². The number of aromatic nitrogens is 3. The fourth-order valence-electron chi connectivity index (χ4n) is 2.63. The molecule has 0 atom stereocenters. The number of hydrogen-bond acceptors (Lipinski definition) is 5. The van der Waals surface area contributed by atoms with Crippen molar-refractivity contribution in [1.29, 1.82) is 5.26 Å². The highest BCUT2D eigenvalue weighted by Crippen LogP contribution is 2.28. The molecule has 7 nitrogen and oxygen atoms in total. The van der Waals surface area contributed by atoms with Gasteiger partial charge in [-0.1, -0.05) is 6.07 Å². The van der Waals surface area contributed by atoms with Crippen LogP contribution in [0.2, 0.25) is 0 Å². The van der Waals surface area contributed by atoms with E-state index in [4.69, 9.17) is 10.00 Å². The molecule has 2 heterocycles. The van der Waals surface area contributed by atoms with E-state index in [1.165, 1.54) is 6.33 Å². The van der Waals surface area contributed by atoms with E-state index >= 15 is 0 Å². The van der Waals surface area contributed by atoms with Gasteiger partial charge in [-0.15, -0.1) is 0 Å². The normalized spacial score (nSPS) is 11.2. The molecule has 3 aromatic rings. The van der Waals surface area contributed by atoms with Crippen LogP contribution in [0.5, 0.6) is 0 Å². The summed E-state index contributed by atoms with van der Waals surface area (Å²) in [5, 5.41) is 16.1. The van der Waals surface area contributed by atoms with Gasteiger partial charge in [-0.2, -0.15) is 10.4 Å². The quantitative estimate of drug-likeness (QED) is 0.757. The van der Waals surface area contributed by atoms with Gasteiger partial charge in [0.2, 0.25) is 0 Å². The van der Waals surface area contributed by atoms with Crippen LogP contribution in [-0.4, -0.2) is 26.3 Å².